The first-order valence-electron chi connectivity index (χ1n) is 5.53. The summed E-state index contributed by atoms with van der Waals surface area (Å²) >= 11 is 9.19. The van der Waals surface area contributed by atoms with Gasteiger partial charge < -0.3 is 4.74 Å². The molecule has 0 aromatic heterocycles. The summed E-state index contributed by atoms with van der Waals surface area (Å²) in [5.74, 6) is 0.311. The first-order valence-corrected chi connectivity index (χ1v) is 6.85. The van der Waals surface area contributed by atoms with Crippen LogP contribution in [0.5, 0.6) is 0 Å². The molecule has 17 heavy (non-hydrogen) atoms. The van der Waals surface area contributed by atoms with Crippen molar-refractivity contribution in [1.29, 1.82) is 0 Å². The van der Waals surface area contributed by atoms with E-state index < -0.39 is 0 Å². The second-order valence-corrected chi connectivity index (χ2v) is 5.17. The van der Waals surface area contributed by atoms with Crippen molar-refractivity contribution in [2.24, 2.45) is 0 Å². The van der Waals surface area contributed by atoms with Crippen molar-refractivity contribution in [3.63, 3.8) is 0 Å². The van der Waals surface area contributed by atoms with E-state index in [2.05, 4.69) is 20.8 Å². The zero-order valence-electron chi connectivity index (χ0n) is 9.33. The number of ether oxygens (including phenoxy) is 1. The van der Waals surface area contributed by atoms with Crippen molar-refractivity contribution in [3.8, 4) is 0 Å². The molecule has 0 amide bonds. The lowest BCUT2D eigenvalue weighted by Gasteiger charge is -2.34. The molecule has 1 aliphatic heterocycles. The van der Waals surface area contributed by atoms with Crippen LogP contribution in [0.1, 0.15) is 5.56 Å². The van der Waals surface area contributed by atoms with E-state index in [1.54, 1.807) is 6.07 Å². The lowest BCUT2D eigenvalue weighted by atomic mass is 10.1. The molecule has 5 heteroatoms. The Balaban J connectivity index is 2.11. The SMILES string of the molecule is Fc1cccc(CN2CCOCC2CCl)c1Br. The Kier molecular flexibility index (Phi) is 4.79. The lowest BCUT2D eigenvalue weighted by Crippen LogP contribution is -2.45. The van der Waals surface area contributed by atoms with Crippen LogP contribution >= 0.6 is 27.5 Å². The van der Waals surface area contributed by atoms with Crippen LogP contribution in [0.15, 0.2) is 22.7 Å². The predicted octanol–water partition coefficient (Wildman–Crippen LogP) is 3.03. The van der Waals surface area contributed by atoms with E-state index in [-0.39, 0.29) is 11.9 Å². The van der Waals surface area contributed by atoms with Gasteiger partial charge in [0, 0.05) is 25.0 Å². The molecular weight excluding hydrogens is 308 g/mol. The summed E-state index contributed by atoms with van der Waals surface area (Å²) in [7, 11) is 0. The summed E-state index contributed by atoms with van der Waals surface area (Å²) in [6.45, 7) is 2.89. The third-order valence-corrected chi connectivity index (χ3v) is 4.18. The van der Waals surface area contributed by atoms with Gasteiger partial charge in [0.15, 0.2) is 0 Å². The van der Waals surface area contributed by atoms with Gasteiger partial charge in [-0.15, -0.1) is 11.6 Å². The van der Waals surface area contributed by atoms with Crippen LogP contribution < -0.4 is 0 Å². The van der Waals surface area contributed by atoms with Crippen molar-refractivity contribution < 1.29 is 9.13 Å². The van der Waals surface area contributed by atoms with E-state index >= 15 is 0 Å². The number of benzene rings is 1. The van der Waals surface area contributed by atoms with Crippen LogP contribution in [0.4, 0.5) is 4.39 Å². The number of hydrogen-bond donors (Lipinski definition) is 0. The highest BCUT2D eigenvalue weighted by Gasteiger charge is 2.23. The van der Waals surface area contributed by atoms with Crippen molar-refractivity contribution in [2.75, 3.05) is 25.6 Å². The zero-order valence-corrected chi connectivity index (χ0v) is 11.7. The Morgan fingerprint density at radius 2 is 2.35 bits per heavy atom. The molecule has 2 nitrogen and oxygen atoms in total. The van der Waals surface area contributed by atoms with Crippen molar-refractivity contribution in [2.45, 2.75) is 12.6 Å². The Bertz CT molecular complexity index is 391. The average Bonchev–Trinajstić information content (AvgIpc) is 2.35. The van der Waals surface area contributed by atoms with E-state index in [9.17, 15) is 4.39 Å². The lowest BCUT2D eigenvalue weighted by molar-refractivity contribution is -0.00316. The number of halogens is 3. The summed E-state index contributed by atoms with van der Waals surface area (Å²) < 4.78 is 19.3. The normalized spacial score (nSPS) is 21.7. The molecular formula is C12H14BrClFNO. The zero-order chi connectivity index (χ0) is 12.3. The number of hydrogen-bond acceptors (Lipinski definition) is 2. The monoisotopic (exact) mass is 321 g/mol. The Morgan fingerprint density at radius 1 is 1.53 bits per heavy atom. The van der Waals surface area contributed by atoms with Gasteiger partial charge in [-0.1, -0.05) is 12.1 Å². The maximum absolute atomic E-state index is 13.4. The molecule has 0 spiro atoms. The molecule has 1 heterocycles. The Hall–Kier alpha value is -0.160. The molecule has 1 unspecified atom stereocenters. The van der Waals surface area contributed by atoms with E-state index in [0.29, 0.717) is 30.1 Å². The Morgan fingerprint density at radius 3 is 3.12 bits per heavy atom. The number of rotatable bonds is 3. The minimum atomic E-state index is -0.224. The van der Waals surface area contributed by atoms with Crippen LogP contribution in [-0.4, -0.2) is 36.6 Å². The Labute approximate surface area is 114 Å². The molecule has 1 aromatic rings. The molecule has 0 bridgehead atoms. The maximum Gasteiger partial charge on any atom is 0.137 e. The smallest absolute Gasteiger partial charge is 0.137 e. The van der Waals surface area contributed by atoms with Gasteiger partial charge >= 0.3 is 0 Å². The highest BCUT2D eigenvalue weighted by molar-refractivity contribution is 9.10. The van der Waals surface area contributed by atoms with Crippen LogP contribution in [-0.2, 0) is 11.3 Å². The van der Waals surface area contributed by atoms with Crippen LogP contribution in [0.25, 0.3) is 0 Å². The molecule has 1 aromatic carbocycles. The molecule has 1 atom stereocenters. The van der Waals surface area contributed by atoms with E-state index in [1.165, 1.54) is 6.07 Å². The minimum absolute atomic E-state index is 0.209. The summed E-state index contributed by atoms with van der Waals surface area (Å²) in [6, 6.07) is 5.31. The summed E-state index contributed by atoms with van der Waals surface area (Å²) in [6.07, 6.45) is 0. The highest BCUT2D eigenvalue weighted by Crippen LogP contribution is 2.23. The van der Waals surface area contributed by atoms with Gasteiger partial charge in [0.1, 0.15) is 5.82 Å². The van der Waals surface area contributed by atoms with Gasteiger partial charge in [-0.05, 0) is 27.6 Å². The van der Waals surface area contributed by atoms with Gasteiger partial charge in [-0.3, -0.25) is 4.90 Å². The molecule has 94 valence electrons. The van der Waals surface area contributed by atoms with Gasteiger partial charge in [0.05, 0.1) is 17.7 Å². The van der Waals surface area contributed by atoms with Crippen LogP contribution in [0.2, 0.25) is 0 Å². The molecule has 0 saturated carbocycles. The average molecular weight is 323 g/mol. The molecule has 2 rings (SSSR count). The van der Waals surface area contributed by atoms with E-state index in [0.717, 1.165) is 12.1 Å². The van der Waals surface area contributed by atoms with Crippen molar-refractivity contribution in [3.05, 3.63) is 34.1 Å². The second kappa shape index (κ2) is 6.14. The standard InChI is InChI=1S/C12H14BrClFNO/c13-12-9(2-1-3-11(12)15)7-16-4-5-17-8-10(16)6-14/h1-3,10H,4-8H2. The molecule has 1 saturated heterocycles. The first-order chi connectivity index (χ1) is 8.22. The van der Waals surface area contributed by atoms with Gasteiger partial charge in [0.25, 0.3) is 0 Å². The predicted molar refractivity (Wildman–Crippen MR) is 69.8 cm³/mol. The van der Waals surface area contributed by atoms with Crippen LogP contribution in [0, 0.1) is 5.82 Å². The maximum atomic E-state index is 13.4. The van der Waals surface area contributed by atoms with Gasteiger partial charge in [-0.25, -0.2) is 4.39 Å². The molecule has 0 N–H and O–H groups in total. The van der Waals surface area contributed by atoms with Crippen molar-refractivity contribution >= 4 is 27.5 Å². The summed E-state index contributed by atoms with van der Waals surface area (Å²) in [4.78, 5) is 2.23. The third-order valence-electron chi connectivity index (χ3n) is 2.93. The van der Waals surface area contributed by atoms with Crippen molar-refractivity contribution in [1.82, 2.24) is 4.90 Å². The number of alkyl halides is 1. The van der Waals surface area contributed by atoms with Gasteiger partial charge in [0.2, 0.25) is 0 Å². The largest absolute Gasteiger partial charge is 0.378 e. The number of nitrogens with zero attached hydrogens (tertiary/aromatic N) is 1. The topological polar surface area (TPSA) is 12.5 Å². The molecule has 0 aliphatic carbocycles. The highest BCUT2D eigenvalue weighted by atomic mass is 79.9. The fraction of sp³-hybridized carbons (Fsp3) is 0.500. The van der Waals surface area contributed by atoms with E-state index in [1.807, 2.05) is 6.07 Å². The quantitative estimate of drug-likeness (QED) is 0.793. The molecule has 0 radical (unpaired) electrons. The van der Waals surface area contributed by atoms with Gasteiger partial charge in [-0.2, -0.15) is 0 Å². The second-order valence-electron chi connectivity index (χ2n) is 4.07. The number of morpholine rings is 1. The molecule has 1 fully saturated rings. The first kappa shape index (κ1) is 13.3. The van der Waals surface area contributed by atoms with E-state index in [4.69, 9.17) is 16.3 Å². The molecule has 1 aliphatic rings. The third kappa shape index (κ3) is 3.19. The summed E-state index contributed by atoms with van der Waals surface area (Å²) in [5, 5.41) is 0. The van der Waals surface area contributed by atoms with Crippen LogP contribution in [0.3, 0.4) is 0 Å². The fourth-order valence-electron chi connectivity index (χ4n) is 1.93. The fourth-order valence-corrected chi connectivity index (χ4v) is 2.60. The summed E-state index contributed by atoms with van der Waals surface area (Å²) in [5.41, 5.74) is 0.946. The minimum Gasteiger partial charge on any atom is -0.378 e.